The van der Waals surface area contributed by atoms with E-state index in [0.29, 0.717) is 10.7 Å². The van der Waals surface area contributed by atoms with Gasteiger partial charge in [0, 0.05) is 19.9 Å². The second-order valence-electron chi connectivity index (χ2n) is 4.63. The number of para-hydroxylation sites is 1. The molecular formula is C14H14N4O4S. The average molecular weight is 334 g/mol. The predicted molar refractivity (Wildman–Crippen MR) is 87.3 cm³/mol. The van der Waals surface area contributed by atoms with E-state index in [2.05, 4.69) is 10.4 Å². The number of nitro benzene ring substituents is 1. The Balaban J connectivity index is 2.21. The number of carbonyl (C=O) groups excluding carboxylic acids is 2. The summed E-state index contributed by atoms with van der Waals surface area (Å²) in [5.41, 5.74) is 0.402. The fraction of sp³-hybridized carbons (Fsp3) is 0.214. The lowest BCUT2D eigenvalue weighted by Gasteiger charge is -2.14. The van der Waals surface area contributed by atoms with Crippen LogP contribution in [0.5, 0.6) is 0 Å². The lowest BCUT2D eigenvalue weighted by Crippen LogP contribution is -2.27. The number of nitrogens with one attached hydrogen (secondary N) is 1. The molecule has 1 aromatic carbocycles. The maximum atomic E-state index is 11.6. The minimum absolute atomic E-state index is 0.0240. The summed E-state index contributed by atoms with van der Waals surface area (Å²) < 4.78 is 0. The minimum atomic E-state index is -0.478. The highest BCUT2D eigenvalue weighted by molar-refractivity contribution is 8.14. The Hall–Kier alpha value is -2.68. The molecule has 0 bridgehead atoms. The molecular weight excluding hydrogens is 320 g/mol. The molecule has 1 aliphatic heterocycles. The molecule has 1 heterocycles. The number of amides is 2. The molecule has 0 spiro atoms. The van der Waals surface area contributed by atoms with Crippen LogP contribution in [0.3, 0.4) is 0 Å². The molecule has 0 unspecified atom stereocenters. The van der Waals surface area contributed by atoms with E-state index in [1.807, 2.05) is 0 Å². The second kappa shape index (κ2) is 7.05. The Morgan fingerprint density at radius 3 is 2.70 bits per heavy atom. The lowest BCUT2D eigenvalue weighted by atomic mass is 10.1. The van der Waals surface area contributed by atoms with Gasteiger partial charge in [-0.05, 0) is 18.2 Å². The van der Waals surface area contributed by atoms with Crippen LogP contribution >= 0.6 is 11.8 Å². The van der Waals surface area contributed by atoms with Gasteiger partial charge in [0.2, 0.25) is 11.8 Å². The molecule has 2 amide bonds. The summed E-state index contributed by atoms with van der Waals surface area (Å²) in [5.74, 6) is -0.585. The van der Waals surface area contributed by atoms with Gasteiger partial charge in [0.25, 0.3) is 5.69 Å². The molecule has 0 saturated carbocycles. The monoisotopic (exact) mass is 334 g/mol. The zero-order valence-electron chi connectivity index (χ0n) is 12.4. The predicted octanol–water partition coefficient (Wildman–Crippen LogP) is 1.94. The highest BCUT2D eigenvalue weighted by atomic mass is 32.2. The topological polar surface area (TPSA) is 105 Å². The second-order valence-corrected chi connectivity index (χ2v) is 5.74. The van der Waals surface area contributed by atoms with Crippen molar-refractivity contribution in [1.82, 2.24) is 10.3 Å². The molecule has 8 nitrogen and oxygen atoms in total. The summed E-state index contributed by atoms with van der Waals surface area (Å²) in [6, 6.07) is 6.29. The van der Waals surface area contributed by atoms with Crippen molar-refractivity contribution < 1.29 is 14.5 Å². The Bertz CT molecular complexity index is 716. The first-order valence-corrected chi connectivity index (χ1v) is 7.50. The maximum Gasteiger partial charge on any atom is 0.276 e. The van der Waals surface area contributed by atoms with E-state index in [0.717, 1.165) is 0 Å². The molecule has 0 aliphatic carbocycles. The molecule has 23 heavy (non-hydrogen) atoms. The van der Waals surface area contributed by atoms with Crippen LogP contribution in [-0.4, -0.2) is 32.3 Å². The molecule has 9 heteroatoms. The number of hydrogen-bond acceptors (Lipinski definition) is 6. The standard InChI is InChI=1S/C14H14N4O4S/c1-9(19)15-14-16-17(10(2)20)13(23-14)8-7-11-5-3-4-6-12(11)18(21)22/h3-8,13H,1-2H3,(H,15,16,19)/b8-7+/t13-/m1/s1. The minimum Gasteiger partial charge on any atom is -0.304 e. The summed E-state index contributed by atoms with van der Waals surface area (Å²) in [4.78, 5) is 33.2. The van der Waals surface area contributed by atoms with Crippen LogP contribution < -0.4 is 5.32 Å². The molecule has 1 aromatic rings. The van der Waals surface area contributed by atoms with Gasteiger partial charge in [0.05, 0.1) is 10.5 Å². The fourth-order valence-electron chi connectivity index (χ4n) is 1.90. The van der Waals surface area contributed by atoms with Crippen LogP contribution in [-0.2, 0) is 9.59 Å². The van der Waals surface area contributed by atoms with Gasteiger partial charge in [0.1, 0.15) is 5.37 Å². The molecule has 0 fully saturated rings. The molecule has 1 atom stereocenters. The average Bonchev–Trinajstić information content (AvgIpc) is 2.87. The highest BCUT2D eigenvalue weighted by Crippen LogP contribution is 2.28. The number of nitro groups is 1. The number of hydrogen-bond donors (Lipinski definition) is 1. The number of benzene rings is 1. The van der Waals surface area contributed by atoms with Gasteiger partial charge in [0.15, 0.2) is 5.17 Å². The fourth-order valence-corrected chi connectivity index (χ4v) is 2.92. The van der Waals surface area contributed by atoms with E-state index in [-0.39, 0.29) is 17.5 Å². The summed E-state index contributed by atoms with van der Waals surface area (Å²) in [5, 5.41) is 18.6. The Morgan fingerprint density at radius 2 is 2.09 bits per heavy atom. The van der Waals surface area contributed by atoms with Gasteiger partial charge in [-0.2, -0.15) is 0 Å². The van der Waals surface area contributed by atoms with Gasteiger partial charge < -0.3 is 5.32 Å². The smallest absolute Gasteiger partial charge is 0.276 e. The van der Waals surface area contributed by atoms with Crippen molar-refractivity contribution in [2.75, 3.05) is 0 Å². The van der Waals surface area contributed by atoms with Crippen molar-refractivity contribution in [3.8, 4) is 0 Å². The Morgan fingerprint density at radius 1 is 1.39 bits per heavy atom. The van der Waals surface area contributed by atoms with Crippen molar-refractivity contribution in [2.45, 2.75) is 19.2 Å². The quantitative estimate of drug-likeness (QED) is 0.672. The third kappa shape index (κ3) is 4.16. The van der Waals surface area contributed by atoms with Crippen molar-refractivity contribution in [1.29, 1.82) is 0 Å². The van der Waals surface area contributed by atoms with Crippen LogP contribution in [0.1, 0.15) is 19.4 Å². The lowest BCUT2D eigenvalue weighted by molar-refractivity contribution is -0.385. The molecule has 1 aliphatic rings. The van der Waals surface area contributed by atoms with E-state index in [4.69, 9.17) is 0 Å². The van der Waals surface area contributed by atoms with E-state index in [9.17, 15) is 19.7 Å². The van der Waals surface area contributed by atoms with Crippen molar-refractivity contribution in [3.05, 3.63) is 46.0 Å². The van der Waals surface area contributed by atoms with Gasteiger partial charge in [-0.25, -0.2) is 5.01 Å². The summed E-state index contributed by atoms with van der Waals surface area (Å²) in [6.07, 6.45) is 3.20. The molecule has 0 aromatic heterocycles. The largest absolute Gasteiger partial charge is 0.304 e. The van der Waals surface area contributed by atoms with E-state index in [1.165, 1.54) is 36.7 Å². The number of amidine groups is 1. The first kappa shape index (κ1) is 16.7. The first-order valence-electron chi connectivity index (χ1n) is 6.62. The van der Waals surface area contributed by atoms with Gasteiger partial charge >= 0.3 is 0 Å². The van der Waals surface area contributed by atoms with Crippen LogP contribution in [0.15, 0.2) is 35.4 Å². The first-order chi connectivity index (χ1) is 10.9. The Kier molecular flexibility index (Phi) is 5.12. The molecule has 0 radical (unpaired) electrons. The molecule has 0 saturated heterocycles. The van der Waals surface area contributed by atoms with E-state index < -0.39 is 10.3 Å². The molecule has 2 rings (SSSR count). The number of nitrogens with zero attached hydrogens (tertiary/aromatic N) is 3. The number of hydrazone groups is 1. The number of rotatable bonds is 3. The molecule has 120 valence electrons. The summed E-state index contributed by atoms with van der Waals surface area (Å²) in [6.45, 7) is 2.70. The van der Waals surface area contributed by atoms with E-state index in [1.54, 1.807) is 30.4 Å². The summed E-state index contributed by atoms with van der Waals surface area (Å²) in [7, 11) is 0. The zero-order valence-corrected chi connectivity index (χ0v) is 13.2. The van der Waals surface area contributed by atoms with E-state index >= 15 is 0 Å². The van der Waals surface area contributed by atoms with Gasteiger partial charge in [-0.3, -0.25) is 19.7 Å². The van der Waals surface area contributed by atoms with Crippen LogP contribution in [0.2, 0.25) is 0 Å². The highest BCUT2D eigenvalue weighted by Gasteiger charge is 2.29. The maximum absolute atomic E-state index is 11.6. The van der Waals surface area contributed by atoms with Crippen LogP contribution in [0.4, 0.5) is 5.69 Å². The Labute approximate surface area is 136 Å². The summed E-state index contributed by atoms with van der Waals surface area (Å²) >= 11 is 1.18. The third-order valence-electron chi connectivity index (χ3n) is 2.85. The van der Waals surface area contributed by atoms with Crippen LogP contribution in [0.25, 0.3) is 6.08 Å². The van der Waals surface area contributed by atoms with Crippen LogP contribution in [0, 0.1) is 10.1 Å². The zero-order chi connectivity index (χ0) is 17.0. The number of thioether (sulfide) groups is 1. The van der Waals surface area contributed by atoms with Crippen molar-refractivity contribution in [2.24, 2.45) is 5.10 Å². The van der Waals surface area contributed by atoms with Gasteiger partial charge in [-0.15, -0.1) is 5.10 Å². The normalized spacial score (nSPS) is 17.2. The number of carbonyl (C=O) groups is 2. The van der Waals surface area contributed by atoms with Crippen molar-refractivity contribution >= 4 is 40.5 Å². The van der Waals surface area contributed by atoms with Gasteiger partial charge in [-0.1, -0.05) is 23.9 Å². The van der Waals surface area contributed by atoms with Crippen molar-refractivity contribution in [3.63, 3.8) is 0 Å². The molecule has 1 N–H and O–H groups in total. The SMILES string of the molecule is CC(=O)NC1=NN(C(C)=O)[C@@H](/C=C/c2ccccc2[N+](=O)[O-])S1. The third-order valence-corrected chi connectivity index (χ3v) is 3.86.